The Morgan fingerprint density at radius 2 is 1.46 bits per heavy atom. The first-order valence-corrected chi connectivity index (χ1v) is 16.0. The van der Waals surface area contributed by atoms with Crippen LogP contribution in [0.3, 0.4) is 0 Å². The number of benzene rings is 4. The fourth-order valence-electron chi connectivity index (χ4n) is 6.36. The first kappa shape index (κ1) is 32.4. The summed E-state index contributed by atoms with van der Waals surface area (Å²) in [6.07, 6.45) is 0.926. The predicted molar refractivity (Wildman–Crippen MR) is 182 cm³/mol. The molecule has 1 aliphatic carbocycles. The summed E-state index contributed by atoms with van der Waals surface area (Å²) in [5, 5.41) is 3.42. The minimum atomic E-state index is -0.662. The van der Waals surface area contributed by atoms with E-state index < -0.39 is 11.9 Å². The Morgan fingerprint density at radius 3 is 2.17 bits per heavy atom. The zero-order chi connectivity index (χ0) is 33.5. The molecule has 0 fully saturated rings. The normalized spacial score (nSPS) is 17.3. The Bertz CT molecular complexity index is 1810. The molecule has 0 bridgehead atoms. The van der Waals surface area contributed by atoms with Gasteiger partial charge in [-0.2, -0.15) is 0 Å². The van der Waals surface area contributed by atoms with Crippen LogP contribution in [0, 0.1) is 0 Å². The molecule has 0 saturated heterocycles. The molecule has 2 aliphatic rings. The summed E-state index contributed by atoms with van der Waals surface area (Å²) in [4.78, 5) is 28.0. The Hall–Kier alpha value is -5.50. The first-order valence-electron chi connectivity index (χ1n) is 16.0. The number of carbonyl (C=O) groups excluding carboxylic acids is 2. The number of dihydropyridines is 1. The van der Waals surface area contributed by atoms with Crippen molar-refractivity contribution >= 4 is 11.8 Å². The Labute approximate surface area is 280 Å². The van der Waals surface area contributed by atoms with E-state index in [2.05, 4.69) is 5.32 Å². The molecular weight excluding hydrogens is 606 g/mol. The van der Waals surface area contributed by atoms with Crippen LogP contribution < -0.4 is 24.3 Å². The molecule has 246 valence electrons. The molecule has 1 heterocycles. The molecule has 4 aromatic carbocycles. The lowest BCUT2D eigenvalue weighted by atomic mass is 9.71. The van der Waals surface area contributed by atoms with Gasteiger partial charge in [-0.1, -0.05) is 66.7 Å². The van der Waals surface area contributed by atoms with Crippen molar-refractivity contribution in [3.05, 3.63) is 142 Å². The smallest absolute Gasteiger partial charge is 0.336 e. The number of ketones is 1. The maximum atomic E-state index is 14.1. The third-order valence-corrected chi connectivity index (χ3v) is 8.72. The van der Waals surface area contributed by atoms with E-state index in [1.165, 1.54) is 0 Å². The average Bonchev–Trinajstić information content (AvgIpc) is 3.12. The minimum Gasteiger partial charge on any atom is -0.497 e. The van der Waals surface area contributed by atoms with Gasteiger partial charge >= 0.3 is 5.97 Å². The molecular formula is C40H39NO7. The molecule has 4 aromatic rings. The molecule has 1 aliphatic heterocycles. The van der Waals surface area contributed by atoms with Crippen LogP contribution in [0.5, 0.6) is 23.0 Å². The minimum absolute atomic E-state index is 0.0185. The van der Waals surface area contributed by atoms with E-state index in [1.807, 2.05) is 110 Å². The van der Waals surface area contributed by atoms with Crippen molar-refractivity contribution in [3.63, 3.8) is 0 Å². The fourth-order valence-corrected chi connectivity index (χ4v) is 6.36. The molecule has 6 rings (SSSR count). The van der Waals surface area contributed by atoms with E-state index in [9.17, 15) is 9.59 Å². The van der Waals surface area contributed by atoms with E-state index in [1.54, 1.807) is 14.2 Å². The fraction of sp³-hybridized carbons (Fsp3) is 0.250. The van der Waals surface area contributed by atoms with Gasteiger partial charge in [0.05, 0.1) is 19.8 Å². The number of esters is 1. The molecule has 1 N–H and O–H groups in total. The zero-order valence-electron chi connectivity index (χ0n) is 27.4. The summed E-state index contributed by atoms with van der Waals surface area (Å²) in [7, 11) is 3.21. The Balaban J connectivity index is 1.30. The molecule has 48 heavy (non-hydrogen) atoms. The van der Waals surface area contributed by atoms with Crippen molar-refractivity contribution in [2.24, 2.45) is 0 Å². The van der Waals surface area contributed by atoms with Crippen LogP contribution >= 0.6 is 0 Å². The van der Waals surface area contributed by atoms with Crippen LogP contribution in [0.2, 0.25) is 0 Å². The highest BCUT2D eigenvalue weighted by Crippen LogP contribution is 2.47. The van der Waals surface area contributed by atoms with Crippen molar-refractivity contribution in [1.29, 1.82) is 0 Å². The average molecular weight is 646 g/mol. The van der Waals surface area contributed by atoms with Gasteiger partial charge in [0.2, 0.25) is 0 Å². The second kappa shape index (κ2) is 14.9. The summed E-state index contributed by atoms with van der Waals surface area (Å²) < 4.78 is 28.7. The highest BCUT2D eigenvalue weighted by atomic mass is 16.6. The van der Waals surface area contributed by atoms with Crippen LogP contribution in [0.15, 0.2) is 126 Å². The van der Waals surface area contributed by atoms with E-state index >= 15 is 0 Å². The van der Waals surface area contributed by atoms with Crippen LogP contribution in [0.4, 0.5) is 0 Å². The van der Waals surface area contributed by atoms with E-state index in [-0.39, 0.29) is 24.9 Å². The van der Waals surface area contributed by atoms with Gasteiger partial charge < -0.3 is 29.0 Å². The van der Waals surface area contributed by atoms with E-state index in [0.29, 0.717) is 53.5 Å². The highest BCUT2D eigenvalue weighted by Gasteiger charge is 2.41. The van der Waals surface area contributed by atoms with Gasteiger partial charge in [0.25, 0.3) is 0 Å². The number of ether oxygens (including phenoxy) is 5. The molecule has 0 amide bonds. The number of carbonyl (C=O) groups is 2. The third-order valence-electron chi connectivity index (χ3n) is 8.72. The van der Waals surface area contributed by atoms with Gasteiger partial charge in [0.15, 0.2) is 17.3 Å². The van der Waals surface area contributed by atoms with Crippen molar-refractivity contribution in [2.75, 3.05) is 27.4 Å². The molecule has 0 aromatic heterocycles. The van der Waals surface area contributed by atoms with Gasteiger partial charge in [0, 0.05) is 29.3 Å². The molecule has 2 atom stereocenters. The van der Waals surface area contributed by atoms with Crippen LogP contribution in [-0.4, -0.2) is 39.2 Å². The molecule has 0 spiro atoms. The summed E-state index contributed by atoms with van der Waals surface area (Å²) in [6.45, 7) is 2.46. The number of nitrogens with one attached hydrogen (secondary N) is 1. The van der Waals surface area contributed by atoms with E-state index in [4.69, 9.17) is 23.7 Å². The quantitative estimate of drug-likeness (QED) is 0.127. The maximum absolute atomic E-state index is 14.1. The highest BCUT2D eigenvalue weighted by molar-refractivity contribution is 6.04. The lowest BCUT2D eigenvalue weighted by Gasteiger charge is -2.37. The monoisotopic (exact) mass is 645 g/mol. The Morgan fingerprint density at radius 1 is 0.750 bits per heavy atom. The number of hydrogen-bond acceptors (Lipinski definition) is 8. The first-order chi connectivity index (χ1) is 23.4. The number of allylic oxidation sites excluding steroid dienone is 3. The zero-order valence-corrected chi connectivity index (χ0v) is 27.4. The van der Waals surface area contributed by atoms with Crippen LogP contribution in [0.1, 0.15) is 48.3 Å². The van der Waals surface area contributed by atoms with Gasteiger partial charge in [-0.05, 0) is 72.4 Å². The second-order valence-electron chi connectivity index (χ2n) is 11.8. The van der Waals surface area contributed by atoms with Crippen molar-refractivity contribution in [1.82, 2.24) is 5.32 Å². The molecule has 0 unspecified atom stereocenters. The SMILES string of the molecule is COc1ccc([C@H]2CC(=O)C3=C(C2)NC(C)=C(C(=O)OCCOc2ccccc2)[C@@H]3c2ccc(OCc3ccccc3)c(OC)c2)cc1. The number of rotatable bonds is 12. The summed E-state index contributed by atoms with van der Waals surface area (Å²) in [5.74, 6) is 1.30. The van der Waals surface area contributed by atoms with Gasteiger partial charge in [-0.15, -0.1) is 0 Å². The van der Waals surface area contributed by atoms with Gasteiger partial charge in [0.1, 0.15) is 31.3 Å². The standard InChI is InChI=1S/C40H39NO7/c1-26-37(40(43)47-21-20-46-32-12-8-5-9-13-32)38(29-16-19-35(36(24-29)45-3)48-25-27-10-6-4-7-11-27)39-33(41-26)22-30(23-34(39)42)28-14-17-31(44-2)18-15-28/h4-19,24,30,38,41H,20-23,25H2,1-3H3/t30-,38+/m1/s1. The molecule has 8 heteroatoms. The summed E-state index contributed by atoms with van der Waals surface area (Å²) in [6, 6.07) is 32.6. The number of para-hydroxylation sites is 1. The number of Topliss-reactive ketones (excluding diaryl/α,β-unsaturated/α-hetero) is 1. The maximum Gasteiger partial charge on any atom is 0.336 e. The number of hydrogen-bond donors (Lipinski definition) is 1. The topological polar surface area (TPSA) is 92.3 Å². The predicted octanol–water partition coefficient (Wildman–Crippen LogP) is 7.27. The Kier molecular flexibility index (Phi) is 10.1. The molecule has 0 radical (unpaired) electrons. The molecule has 0 saturated carbocycles. The lowest BCUT2D eigenvalue weighted by molar-refractivity contribution is -0.140. The third kappa shape index (κ3) is 7.23. The summed E-state index contributed by atoms with van der Waals surface area (Å²) in [5.41, 5.74) is 5.21. The van der Waals surface area contributed by atoms with Crippen molar-refractivity contribution < 1.29 is 33.3 Å². The summed E-state index contributed by atoms with van der Waals surface area (Å²) >= 11 is 0. The lowest BCUT2D eigenvalue weighted by Crippen LogP contribution is -2.36. The van der Waals surface area contributed by atoms with Gasteiger partial charge in [-0.3, -0.25) is 4.79 Å². The second-order valence-corrected chi connectivity index (χ2v) is 11.8. The van der Waals surface area contributed by atoms with Gasteiger partial charge in [-0.25, -0.2) is 4.79 Å². The van der Waals surface area contributed by atoms with Crippen molar-refractivity contribution in [2.45, 2.75) is 38.2 Å². The van der Waals surface area contributed by atoms with E-state index in [0.717, 1.165) is 28.1 Å². The van der Waals surface area contributed by atoms with Crippen LogP contribution in [-0.2, 0) is 20.9 Å². The molecule has 8 nitrogen and oxygen atoms in total. The van der Waals surface area contributed by atoms with Crippen LogP contribution in [0.25, 0.3) is 0 Å². The largest absolute Gasteiger partial charge is 0.497 e. The van der Waals surface area contributed by atoms with Crippen molar-refractivity contribution in [3.8, 4) is 23.0 Å². The number of methoxy groups -OCH3 is 2.